The lowest BCUT2D eigenvalue weighted by atomic mass is 10.3. The van der Waals surface area contributed by atoms with Gasteiger partial charge in [0.05, 0.1) is 12.7 Å². The van der Waals surface area contributed by atoms with E-state index in [2.05, 4.69) is 10.1 Å². The summed E-state index contributed by atoms with van der Waals surface area (Å²) < 4.78 is 7.47. The van der Waals surface area contributed by atoms with Gasteiger partial charge in [0.15, 0.2) is 5.58 Å². The fraction of sp³-hybridized carbons (Fsp3) is 0.231. The second-order valence-corrected chi connectivity index (χ2v) is 4.60. The number of hydrogen-bond acceptors (Lipinski definition) is 5. The van der Waals surface area contributed by atoms with Crippen molar-refractivity contribution in [2.75, 3.05) is 17.7 Å². The second kappa shape index (κ2) is 4.31. The van der Waals surface area contributed by atoms with Gasteiger partial charge in [-0.1, -0.05) is 0 Å². The van der Waals surface area contributed by atoms with E-state index in [1.165, 1.54) is 0 Å². The molecule has 6 nitrogen and oxygen atoms in total. The number of nitrogen functional groups attached to an aromatic ring is 1. The van der Waals surface area contributed by atoms with Crippen molar-refractivity contribution in [1.82, 2.24) is 14.8 Å². The van der Waals surface area contributed by atoms with Gasteiger partial charge in [-0.05, 0) is 18.2 Å². The zero-order valence-corrected chi connectivity index (χ0v) is 10.9. The first-order valence-electron chi connectivity index (χ1n) is 5.96. The van der Waals surface area contributed by atoms with Crippen molar-refractivity contribution in [3.8, 4) is 0 Å². The van der Waals surface area contributed by atoms with Crippen molar-refractivity contribution in [2.45, 2.75) is 6.54 Å². The monoisotopic (exact) mass is 257 g/mol. The molecule has 0 unspecified atom stereocenters. The summed E-state index contributed by atoms with van der Waals surface area (Å²) in [5, 5.41) is 4.14. The molecule has 3 aromatic rings. The summed E-state index contributed by atoms with van der Waals surface area (Å²) in [5.74, 6) is 0. The quantitative estimate of drug-likeness (QED) is 0.724. The van der Waals surface area contributed by atoms with Crippen LogP contribution in [0.4, 0.5) is 11.7 Å². The molecule has 1 aromatic carbocycles. The summed E-state index contributed by atoms with van der Waals surface area (Å²) in [4.78, 5) is 6.37. The Morgan fingerprint density at radius 2 is 2.26 bits per heavy atom. The molecule has 0 saturated heterocycles. The highest BCUT2D eigenvalue weighted by molar-refractivity contribution is 5.78. The molecule has 2 N–H and O–H groups in total. The Bertz CT molecular complexity index is 715. The van der Waals surface area contributed by atoms with Crippen LogP contribution < -0.4 is 10.6 Å². The van der Waals surface area contributed by atoms with Crippen LogP contribution in [0.15, 0.2) is 35.0 Å². The summed E-state index contributed by atoms with van der Waals surface area (Å²) >= 11 is 0. The molecule has 0 fully saturated rings. The predicted molar refractivity (Wildman–Crippen MR) is 73.7 cm³/mol. The minimum atomic E-state index is 0.574. The molecule has 98 valence electrons. The summed E-state index contributed by atoms with van der Waals surface area (Å²) in [5.41, 5.74) is 9.02. The van der Waals surface area contributed by atoms with Gasteiger partial charge >= 0.3 is 0 Å². The molecular formula is C13H15N5O. The van der Waals surface area contributed by atoms with Gasteiger partial charge in [-0.15, -0.1) is 0 Å². The number of benzene rings is 1. The van der Waals surface area contributed by atoms with Crippen molar-refractivity contribution in [1.29, 1.82) is 0 Å². The standard InChI is InChI=1S/C13H15N5O/c1-17(7-9-6-15-18(2)8-9)13-16-11-5-10(14)3-4-12(11)19-13/h3-6,8H,7,14H2,1-2H3. The summed E-state index contributed by atoms with van der Waals surface area (Å²) in [6, 6.07) is 6.02. The average Bonchev–Trinajstić information content (AvgIpc) is 2.95. The summed E-state index contributed by atoms with van der Waals surface area (Å²) in [6.07, 6.45) is 3.80. The van der Waals surface area contributed by atoms with E-state index in [1.807, 2.05) is 37.5 Å². The van der Waals surface area contributed by atoms with Crippen LogP contribution in [0.5, 0.6) is 0 Å². The molecule has 0 saturated carbocycles. The number of rotatable bonds is 3. The van der Waals surface area contributed by atoms with E-state index in [9.17, 15) is 0 Å². The third-order valence-corrected chi connectivity index (χ3v) is 2.90. The minimum absolute atomic E-state index is 0.574. The first-order chi connectivity index (χ1) is 9.11. The number of fused-ring (bicyclic) bond motifs is 1. The van der Waals surface area contributed by atoms with Gasteiger partial charge < -0.3 is 15.1 Å². The third-order valence-electron chi connectivity index (χ3n) is 2.90. The van der Waals surface area contributed by atoms with Crippen molar-refractivity contribution < 1.29 is 4.42 Å². The molecule has 0 atom stereocenters. The van der Waals surface area contributed by atoms with Gasteiger partial charge in [0, 0.05) is 31.5 Å². The molecule has 0 radical (unpaired) electrons. The smallest absolute Gasteiger partial charge is 0.298 e. The lowest BCUT2D eigenvalue weighted by Gasteiger charge is -2.12. The largest absolute Gasteiger partial charge is 0.423 e. The Morgan fingerprint density at radius 1 is 1.42 bits per heavy atom. The maximum Gasteiger partial charge on any atom is 0.298 e. The fourth-order valence-electron chi connectivity index (χ4n) is 1.99. The molecule has 6 heteroatoms. The Kier molecular flexibility index (Phi) is 2.63. The summed E-state index contributed by atoms with van der Waals surface area (Å²) in [6.45, 7) is 0.691. The Hall–Kier alpha value is -2.50. The normalized spacial score (nSPS) is 11.1. The van der Waals surface area contributed by atoms with Crippen molar-refractivity contribution in [2.24, 2.45) is 7.05 Å². The maximum atomic E-state index is 5.73. The SMILES string of the molecule is CN(Cc1cnn(C)c1)c1nc2cc(N)ccc2o1. The summed E-state index contributed by atoms with van der Waals surface area (Å²) in [7, 11) is 3.83. The molecule has 2 heterocycles. The van der Waals surface area contributed by atoms with Gasteiger partial charge in [-0.3, -0.25) is 4.68 Å². The molecule has 2 aromatic heterocycles. The van der Waals surface area contributed by atoms with Crippen molar-refractivity contribution >= 4 is 22.8 Å². The molecule has 19 heavy (non-hydrogen) atoms. The minimum Gasteiger partial charge on any atom is -0.423 e. The number of oxazole rings is 1. The fourth-order valence-corrected chi connectivity index (χ4v) is 1.99. The van der Waals surface area contributed by atoms with Gasteiger partial charge in [-0.2, -0.15) is 10.1 Å². The zero-order chi connectivity index (χ0) is 13.4. The van der Waals surface area contributed by atoms with Gasteiger partial charge in [0.2, 0.25) is 0 Å². The van der Waals surface area contributed by atoms with Crippen LogP contribution in [0.2, 0.25) is 0 Å². The van der Waals surface area contributed by atoms with E-state index < -0.39 is 0 Å². The van der Waals surface area contributed by atoms with Gasteiger partial charge in [-0.25, -0.2) is 0 Å². The van der Waals surface area contributed by atoms with E-state index in [1.54, 1.807) is 16.8 Å². The number of anilines is 2. The van der Waals surface area contributed by atoms with Crippen LogP contribution in [0.3, 0.4) is 0 Å². The Balaban J connectivity index is 1.86. The van der Waals surface area contributed by atoms with E-state index in [-0.39, 0.29) is 0 Å². The molecule has 0 bridgehead atoms. The van der Waals surface area contributed by atoms with E-state index >= 15 is 0 Å². The average molecular weight is 257 g/mol. The second-order valence-electron chi connectivity index (χ2n) is 4.60. The van der Waals surface area contributed by atoms with Crippen LogP contribution >= 0.6 is 0 Å². The number of aromatic nitrogens is 3. The van der Waals surface area contributed by atoms with Crippen LogP contribution in [-0.4, -0.2) is 21.8 Å². The Morgan fingerprint density at radius 3 is 3.00 bits per heavy atom. The van der Waals surface area contributed by atoms with Gasteiger partial charge in [0.25, 0.3) is 6.01 Å². The number of hydrogen-bond donors (Lipinski definition) is 1. The van der Waals surface area contributed by atoms with E-state index in [4.69, 9.17) is 10.2 Å². The number of nitrogens with zero attached hydrogens (tertiary/aromatic N) is 4. The van der Waals surface area contributed by atoms with Crippen LogP contribution in [0.25, 0.3) is 11.1 Å². The number of aryl methyl sites for hydroxylation is 1. The van der Waals surface area contributed by atoms with Crippen LogP contribution in [0, 0.1) is 0 Å². The maximum absolute atomic E-state index is 5.73. The molecule has 0 amide bonds. The van der Waals surface area contributed by atoms with E-state index in [0.29, 0.717) is 18.2 Å². The molecule has 3 rings (SSSR count). The highest BCUT2D eigenvalue weighted by Gasteiger charge is 2.11. The molecule has 0 aliphatic carbocycles. The lowest BCUT2D eigenvalue weighted by Crippen LogP contribution is -2.16. The Labute approximate surface area is 110 Å². The zero-order valence-electron chi connectivity index (χ0n) is 10.9. The van der Waals surface area contributed by atoms with E-state index in [0.717, 1.165) is 16.7 Å². The highest BCUT2D eigenvalue weighted by Crippen LogP contribution is 2.23. The molecular weight excluding hydrogens is 242 g/mol. The third kappa shape index (κ3) is 2.24. The molecule has 0 aliphatic heterocycles. The number of nitrogens with two attached hydrogens (primary N) is 1. The molecule has 0 spiro atoms. The van der Waals surface area contributed by atoms with Crippen molar-refractivity contribution in [3.63, 3.8) is 0 Å². The lowest BCUT2D eigenvalue weighted by molar-refractivity contribution is 0.582. The van der Waals surface area contributed by atoms with Crippen LogP contribution in [0.1, 0.15) is 5.56 Å². The predicted octanol–water partition coefficient (Wildman–Crippen LogP) is 1.78. The topological polar surface area (TPSA) is 73.1 Å². The van der Waals surface area contributed by atoms with Crippen LogP contribution in [-0.2, 0) is 13.6 Å². The molecule has 0 aliphatic rings. The van der Waals surface area contributed by atoms with Gasteiger partial charge in [0.1, 0.15) is 5.52 Å². The highest BCUT2D eigenvalue weighted by atomic mass is 16.4. The van der Waals surface area contributed by atoms with Crippen molar-refractivity contribution in [3.05, 3.63) is 36.2 Å². The first kappa shape index (κ1) is 11.6. The first-order valence-corrected chi connectivity index (χ1v) is 5.96.